The van der Waals surface area contributed by atoms with Crippen molar-refractivity contribution in [2.24, 2.45) is 4.99 Å². The third-order valence-electron chi connectivity index (χ3n) is 4.15. The van der Waals surface area contributed by atoms with Crippen molar-refractivity contribution in [3.8, 4) is 5.75 Å². The highest BCUT2D eigenvalue weighted by Gasteiger charge is 2.36. The number of aryl methyl sites for hydroxylation is 2. The van der Waals surface area contributed by atoms with Gasteiger partial charge < -0.3 is 14.8 Å². The number of benzene rings is 1. The van der Waals surface area contributed by atoms with E-state index in [0.717, 1.165) is 11.0 Å². The highest BCUT2D eigenvalue weighted by Crippen LogP contribution is 2.34. The lowest BCUT2D eigenvalue weighted by molar-refractivity contribution is -0.384. The van der Waals surface area contributed by atoms with Crippen LogP contribution in [-0.2, 0) is 14.3 Å². The monoisotopic (exact) mass is 426 g/mol. The molecule has 3 rings (SSSR count). The first-order valence-electron chi connectivity index (χ1n) is 8.88. The Kier molecular flexibility index (Phi) is 5.90. The first-order valence-corrected chi connectivity index (χ1v) is 8.88. The number of methoxy groups -OCH3 is 2. The van der Waals surface area contributed by atoms with Gasteiger partial charge in [0.05, 0.1) is 37.0 Å². The van der Waals surface area contributed by atoms with Gasteiger partial charge in [0.2, 0.25) is 5.96 Å². The van der Waals surface area contributed by atoms with Crippen LogP contribution in [0.5, 0.6) is 5.75 Å². The molecule has 0 unspecified atom stereocenters. The van der Waals surface area contributed by atoms with Crippen LogP contribution in [0.25, 0.3) is 0 Å². The van der Waals surface area contributed by atoms with E-state index in [2.05, 4.69) is 25.0 Å². The number of carbonyl (C=O) groups is 2. The quantitative estimate of drug-likeness (QED) is 0.326. The number of nitrogens with zero attached hydrogens (tertiary/aromatic N) is 5. The first kappa shape index (κ1) is 21.4. The van der Waals surface area contributed by atoms with E-state index in [1.54, 1.807) is 19.9 Å². The van der Waals surface area contributed by atoms with Crippen molar-refractivity contribution in [2.75, 3.05) is 19.1 Å². The van der Waals surface area contributed by atoms with Gasteiger partial charge in [-0.05, 0) is 26.0 Å². The maximum atomic E-state index is 13.1. The molecular weight excluding hydrogens is 408 g/mol. The van der Waals surface area contributed by atoms with Gasteiger partial charge in [0, 0.05) is 17.5 Å². The number of nitro groups is 1. The van der Waals surface area contributed by atoms with Gasteiger partial charge in [-0.1, -0.05) is 0 Å². The Morgan fingerprint density at radius 1 is 1.23 bits per heavy atom. The van der Waals surface area contributed by atoms with Crippen LogP contribution in [0.1, 0.15) is 11.4 Å². The maximum Gasteiger partial charge on any atom is 0.332 e. The third kappa shape index (κ3) is 4.47. The van der Waals surface area contributed by atoms with Gasteiger partial charge in [-0.3, -0.25) is 14.9 Å². The summed E-state index contributed by atoms with van der Waals surface area (Å²) < 4.78 is 9.83. The average Bonchev–Trinajstić information content (AvgIpc) is 3.00. The van der Waals surface area contributed by atoms with Gasteiger partial charge in [0.25, 0.3) is 17.5 Å². The molecule has 160 valence electrons. The normalized spacial score (nSPS) is 15.9. The summed E-state index contributed by atoms with van der Waals surface area (Å²) >= 11 is 0. The Balaban J connectivity index is 2.17. The Hall–Kier alpha value is -4.35. The number of nitro benzene ring substituents is 1. The molecule has 1 N–H and O–H groups in total. The molecule has 0 atom stereocenters. The van der Waals surface area contributed by atoms with Crippen molar-refractivity contribution in [3.05, 3.63) is 57.5 Å². The van der Waals surface area contributed by atoms with Crippen LogP contribution < -0.4 is 15.0 Å². The van der Waals surface area contributed by atoms with Gasteiger partial charge in [-0.15, -0.1) is 0 Å². The molecule has 1 aromatic carbocycles. The number of guanidine groups is 1. The third-order valence-corrected chi connectivity index (χ3v) is 4.15. The fourth-order valence-corrected chi connectivity index (χ4v) is 2.84. The summed E-state index contributed by atoms with van der Waals surface area (Å²) in [7, 11) is 2.49. The standard InChI is InChI=1S/C19H18N6O6/c1-10-7-11(2)21-18(20-10)23-19-22-13(9-16(26)31-4)17(27)24(19)14-6-5-12(25(28)29)8-15(14)30-3/h5-9H,1-4H3,(H,20,21,22,23)/b13-9-. The van der Waals surface area contributed by atoms with Crippen LogP contribution in [0.15, 0.2) is 41.0 Å². The van der Waals surface area contributed by atoms with Gasteiger partial charge in [0.15, 0.2) is 0 Å². The maximum absolute atomic E-state index is 13.1. The minimum absolute atomic E-state index is 0.0164. The number of aromatic nitrogens is 2. The molecule has 1 aliphatic rings. The van der Waals surface area contributed by atoms with Crippen LogP contribution >= 0.6 is 0 Å². The number of hydrogen-bond donors (Lipinski definition) is 1. The van der Waals surface area contributed by atoms with E-state index in [1.807, 2.05) is 0 Å². The minimum atomic E-state index is -0.754. The molecule has 1 saturated heterocycles. The number of anilines is 1. The SMILES string of the molecule is COC(=O)/C=C1\N/C(=N\c2nc(C)cc(C)n2)N(c2ccc([N+](=O)[O-])cc2OC)C1=O. The topological polar surface area (TPSA) is 149 Å². The van der Waals surface area contributed by atoms with E-state index in [-0.39, 0.29) is 34.7 Å². The zero-order chi connectivity index (χ0) is 22.7. The number of hydrogen-bond acceptors (Lipinski definition) is 9. The van der Waals surface area contributed by atoms with E-state index >= 15 is 0 Å². The van der Waals surface area contributed by atoms with Gasteiger partial charge >= 0.3 is 5.97 Å². The minimum Gasteiger partial charge on any atom is -0.494 e. The largest absolute Gasteiger partial charge is 0.494 e. The molecule has 1 amide bonds. The summed E-state index contributed by atoms with van der Waals surface area (Å²) in [5.74, 6) is -1.29. The van der Waals surface area contributed by atoms with Crippen molar-refractivity contribution < 1.29 is 24.0 Å². The Morgan fingerprint density at radius 2 is 1.90 bits per heavy atom. The van der Waals surface area contributed by atoms with Crippen molar-refractivity contribution in [2.45, 2.75) is 13.8 Å². The molecule has 0 spiro atoms. The lowest BCUT2D eigenvalue weighted by atomic mass is 10.2. The number of non-ortho nitro benzene ring substituents is 1. The second-order valence-electron chi connectivity index (χ2n) is 6.35. The molecule has 0 bridgehead atoms. The van der Waals surface area contributed by atoms with Crippen LogP contribution in [0.4, 0.5) is 17.3 Å². The number of ether oxygens (including phenoxy) is 2. The van der Waals surface area contributed by atoms with Crippen molar-refractivity contribution >= 4 is 35.2 Å². The smallest absolute Gasteiger partial charge is 0.332 e. The molecule has 1 fully saturated rings. The van der Waals surface area contributed by atoms with Crippen LogP contribution in [0, 0.1) is 24.0 Å². The zero-order valence-electron chi connectivity index (χ0n) is 17.1. The Bertz CT molecular complexity index is 1120. The van der Waals surface area contributed by atoms with Crippen LogP contribution in [0.2, 0.25) is 0 Å². The van der Waals surface area contributed by atoms with Gasteiger partial charge in [-0.2, -0.15) is 4.99 Å². The molecule has 1 aromatic heterocycles. The number of amides is 1. The fraction of sp³-hybridized carbons (Fsp3) is 0.211. The van der Waals surface area contributed by atoms with E-state index in [4.69, 9.17) is 4.74 Å². The summed E-state index contributed by atoms with van der Waals surface area (Å²) in [6.45, 7) is 3.54. The van der Waals surface area contributed by atoms with E-state index in [0.29, 0.717) is 11.4 Å². The highest BCUT2D eigenvalue weighted by molar-refractivity contribution is 6.30. The average molecular weight is 426 g/mol. The number of aliphatic imine (C=N–C) groups is 1. The molecule has 2 aromatic rings. The lowest BCUT2D eigenvalue weighted by Gasteiger charge is -2.18. The zero-order valence-corrected chi connectivity index (χ0v) is 17.1. The second kappa shape index (κ2) is 8.57. The second-order valence-corrected chi connectivity index (χ2v) is 6.35. The Labute approximate surface area is 176 Å². The molecule has 0 radical (unpaired) electrons. The molecule has 12 nitrogen and oxygen atoms in total. The predicted molar refractivity (Wildman–Crippen MR) is 109 cm³/mol. The van der Waals surface area contributed by atoms with Gasteiger partial charge in [-0.25, -0.2) is 19.7 Å². The van der Waals surface area contributed by atoms with Crippen molar-refractivity contribution in [1.82, 2.24) is 15.3 Å². The van der Waals surface area contributed by atoms with Crippen LogP contribution in [-0.4, -0.2) is 46.9 Å². The molecule has 2 heterocycles. The summed E-state index contributed by atoms with van der Waals surface area (Å²) in [6.07, 6.45) is 0.970. The first-order chi connectivity index (χ1) is 14.7. The summed E-state index contributed by atoms with van der Waals surface area (Å²) in [5.41, 5.74) is 1.17. The highest BCUT2D eigenvalue weighted by atomic mass is 16.6. The van der Waals surface area contributed by atoms with Crippen LogP contribution in [0.3, 0.4) is 0 Å². The fourth-order valence-electron chi connectivity index (χ4n) is 2.84. The summed E-state index contributed by atoms with van der Waals surface area (Å²) in [5, 5.41) is 13.8. The molecule has 12 heteroatoms. The van der Waals surface area contributed by atoms with Crippen molar-refractivity contribution in [3.63, 3.8) is 0 Å². The van der Waals surface area contributed by atoms with Crippen molar-refractivity contribution in [1.29, 1.82) is 0 Å². The number of nitrogens with one attached hydrogen (secondary N) is 1. The lowest BCUT2D eigenvalue weighted by Crippen LogP contribution is -2.32. The number of rotatable bonds is 5. The van der Waals surface area contributed by atoms with E-state index < -0.39 is 16.8 Å². The molecular formula is C19H18N6O6. The summed E-state index contributed by atoms with van der Waals surface area (Å²) in [4.78, 5) is 49.1. The van der Waals surface area contributed by atoms with Gasteiger partial charge in [0.1, 0.15) is 11.4 Å². The van der Waals surface area contributed by atoms with E-state index in [1.165, 1.54) is 32.4 Å². The molecule has 0 aliphatic carbocycles. The number of carbonyl (C=O) groups excluding carboxylic acids is 2. The van der Waals surface area contributed by atoms with E-state index in [9.17, 15) is 19.7 Å². The Morgan fingerprint density at radius 3 is 2.48 bits per heavy atom. The number of esters is 1. The predicted octanol–water partition coefficient (Wildman–Crippen LogP) is 1.69. The summed E-state index contributed by atoms with van der Waals surface area (Å²) in [6, 6.07) is 5.50. The molecule has 1 aliphatic heterocycles. The molecule has 0 saturated carbocycles. The molecule has 31 heavy (non-hydrogen) atoms.